The zero-order valence-electron chi connectivity index (χ0n) is 10.7. The predicted molar refractivity (Wildman–Crippen MR) is 74.0 cm³/mol. The van der Waals surface area contributed by atoms with E-state index in [0.29, 0.717) is 9.97 Å². The molecule has 0 bridgehead atoms. The Hall–Kier alpha value is 0.890. The zero-order valence-corrected chi connectivity index (χ0v) is 15.0. The number of carbonyl (C=O) groups is 1. The van der Waals surface area contributed by atoms with Crippen LogP contribution in [0.5, 0.6) is 0 Å². The number of alkyl halides is 2. The van der Waals surface area contributed by atoms with Gasteiger partial charge >= 0.3 is 134 Å². The van der Waals surface area contributed by atoms with Crippen LogP contribution in [0, 0.1) is 5.92 Å². The molecule has 0 spiro atoms. The molecule has 3 fully saturated rings. The Kier molecular flexibility index (Phi) is 3.86. The quantitative estimate of drug-likeness (QED) is 0.153. The van der Waals surface area contributed by atoms with Gasteiger partial charge in [-0.25, -0.2) is 0 Å². The van der Waals surface area contributed by atoms with Crippen molar-refractivity contribution in [1.29, 1.82) is 0 Å². The number of hydrogen-bond donors (Lipinski definition) is 1. The van der Waals surface area contributed by atoms with Crippen molar-refractivity contribution < 1.29 is 31.0 Å². The second kappa shape index (κ2) is 5.02. The van der Waals surface area contributed by atoms with Crippen molar-refractivity contribution in [2.45, 2.75) is 64.9 Å². The fraction of sp³-hybridized carbons (Fsp3) is 0.923. The number of esters is 1. The zero-order chi connectivity index (χ0) is 12.8. The summed E-state index contributed by atoms with van der Waals surface area (Å²) < 4.78 is 9.53. The molecule has 3 nitrogen and oxygen atoms in total. The minimum absolute atomic E-state index is 0.0339. The van der Waals surface area contributed by atoms with Crippen molar-refractivity contribution in [3.05, 3.63) is 0 Å². The van der Waals surface area contributed by atoms with E-state index >= 15 is 0 Å². The molecule has 0 aromatic carbocycles. The maximum absolute atomic E-state index is 12.5. The second-order valence-electron chi connectivity index (χ2n) is 5.95. The number of ether oxygens (including phenoxy) is 1. The Bertz CT molecular complexity index is 357. The average molecular weight is 476 g/mol. The molecule has 1 aliphatic heterocycles. The van der Waals surface area contributed by atoms with Gasteiger partial charge in [-0.2, -0.15) is 0 Å². The van der Waals surface area contributed by atoms with Crippen LogP contribution in [0.4, 0.5) is 0 Å². The summed E-state index contributed by atoms with van der Waals surface area (Å²) in [4.78, 5) is 12.5. The first-order valence-electron chi connectivity index (χ1n) is 6.85. The first-order chi connectivity index (χ1) is 8.55. The van der Waals surface area contributed by atoms with Crippen LogP contribution in [0.25, 0.3) is 0 Å². The number of nitrogens with one attached hydrogen (secondary N) is 1. The van der Waals surface area contributed by atoms with E-state index < -0.39 is 0 Å². The minimum atomic E-state index is -0.343. The molecule has 3 rings (SSSR count). The van der Waals surface area contributed by atoms with Crippen molar-refractivity contribution in [2.75, 3.05) is 0 Å². The van der Waals surface area contributed by atoms with E-state index in [1.54, 1.807) is 0 Å². The molecule has 0 amide bonds. The van der Waals surface area contributed by atoms with Gasteiger partial charge in [0.25, 0.3) is 0 Å². The SMILES string of the molecule is CC(I)(C(=O)OC12CCCCC1CCC2)C1N[I-]1. The van der Waals surface area contributed by atoms with E-state index in [-0.39, 0.29) is 36.5 Å². The molecule has 5 heteroatoms. The monoisotopic (exact) mass is 476 g/mol. The summed E-state index contributed by atoms with van der Waals surface area (Å²) in [5.74, 6) is 0.677. The average Bonchev–Trinajstić information content (AvgIpc) is 3.11. The van der Waals surface area contributed by atoms with Crippen molar-refractivity contribution in [1.82, 2.24) is 3.53 Å². The number of rotatable bonds is 3. The summed E-state index contributed by atoms with van der Waals surface area (Å²) in [6.45, 7) is 2.03. The van der Waals surface area contributed by atoms with Gasteiger partial charge in [0.15, 0.2) is 0 Å². The van der Waals surface area contributed by atoms with Gasteiger partial charge in [0.1, 0.15) is 0 Å². The molecule has 104 valence electrons. The van der Waals surface area contributed by atoms with Crippen LogP contribution < -0.4 is 25.0 Å². The van der Waals surface area contributed by atoms with Crippen molar-refractivity contribution >= 4 is 28.6 Å². The molecule has 0 radical (unpaired) electrons. The molecule has 4 unspecified atom stereocenters. The van der Waals surface area contributed by atoms with Gasteiger partial charge in [-0.15, -0.1) is 0 Å². The summed E-state index contributed by atoms with van der Waals surface area (Å²) in [6, 6.07) is 0. The second-order valence-corrected chi connectivity index (χ2v) is 10.7. The van der Waals surface area contributed by atoms with Gasteiger partial charge in [-0.1, -0.05) is 0 Å². The van der Waals surface area contributed by atoms with Crippen LogP contribution in [0.3, 0.4) is 0 Å². The fourth-order valence-electron chi connectivity index (χ4n) is 3.48. The van der Waals surface area contributed by atoms with Gasteiger partial charge in [0.2, 0.25) is 0 Å². The summed E-state index contributed by atoms with van der Waals surface area (Å²) >= 11 is 2.34. The molecule has 0 aromatic rings. The predicted octanol–water partition coefficient (Wildman–Crippen LogP) is -0.230. The summed E-state index contributed by atoms with van der Waals surface area (Å²) in [5.41, 5.74) is -0.0883. The van der Waals surface area contributed by atoms with Crippen LogP contribution in [0.2, 0.25) is 0 Å². The number of halogens is 2. The summed E-state index contributed by atoms with van der Waals surface area (Å²) in [5, 5.41) is 0. The third kappa shape index (κ3) is 2.43. The van der Waals surface area contributed by atoms with Gasteiger partial charge < -0.3 is 0 Å². The summed E-state index contributed by atoms with van der Waals surface area (Å²) in [6.07, 6.45) is 8.52. The van der Waals surface area contributed by atoms with E-state index in [1.807, 2.05) is 6.92 Å². The van der Waals surface area contributed by atoms with Crippen LogP contribution >= 0.6 is 22.6 Å². The van der Waals surface area contributed by atoms with Crippen LogP contribution in [-0.2, 0) is 9.53 Å². The topological polar surface area (TPSA) is 48.2 Å². The van der Waals surface area contributed by atoms with E-state index in [9.17, 15) is 4.79 Å². The van der Waals surface area contributed by atoms with Gasteiger partial charge in [-0.05, 0) is 0 Å². The number of carbonyl (C=O) groups excluding carboxylic acids is 1. The molecule has 2 saturated carbocycles. The van der Waals surface area contributed by atoms with Crippen molar-refractivity contribution in [2.24, 2.45) is 5.92 Å². The molecule has 18 heavy (non-hydrogen) atoms. The van der Waals surface area contributed by atoms with Gasteiger partial charge in [0.05, 0.1) is 0 Å². The third-order valence-corrected chi connectivity index (χ3v) is 9.43. The van der Waals surface area contributed by atoms with Crippen LogP contribution in [-0.4, -0.2) is 19.0 Å². The Labute approximate surface area is 133 Å². The van der Waals surface area contributed by atoms with E-state index in [4.69, 9.17) is 4.74 Å². The van der Waals surface area contributed by atoms with Crippen molar-refractivity contribution in [3.63, 3.8) is 0 Å². The van der Waals surface area contributed by atoms with Crippen molar-refractivity contribution in [3.8, 4) is 0 Å². The Morgan fingerprint density at radius 2 is 2.06 bits per heavy atom. The first-order valence-corrected chi connectivity index (χ1v) is 10.3. The van der Waals surface area contributed by atoms with E-state index in [0.717, 1.165) is 12.8 Å². The molecule has 1 heterocycles. The molecular formula is C13H20I2NO2-. The number of fused-ring (bicyclic) bond motifs is 1. The molecular weight excluding hydrogens is 456 g/mol. The molecule has 1 N–H and O–H groups in total. The van der Waals surface area contributed by atoms with E-state index in [1.165, 1.54) is 32.1 Å². The van der Waals surface area contributed by atoms with Gasteiger partial charge in [0, 0.05) is 0 Å². The summed E-state index contributed by atoms with van der Waals surface area (Å²) in [7, 11) is 0. The standard InChI is InChI=1S/C13H20I2NO2/c1-12(14,10-15-16-10)11(17)18-13-7-3-2-5-9(13)6-4-8-13/h9-10,16H,2-8H2,1H3/q-1. The molecule has 3 aliphatic rings. The molecule has 2 aliphatic carbocycles. The number of hydrogen-bond acceptors (Lipinski definition) is 3. The Morgan fingerprint density at radius 3 is 2.78 bits per heavy atom. The molecule has 1 saturated heterocycles. The van der Waals surface area contributed by atoms with Crippen LogP contribution in [0.1, 0.15) is 51.9 Å². The Balaban J connectivity index is 1.72. The fourth-order valence-corrected chi connectivity index (χ4v) is 6.77. The first kappa shape index (κ1) is 13.9. The Morgan fingerprint density at radius 1 is 1.39 bits per heavy atom. The molecule has 4 atom stereocenters. The van der Waals surface area contributed by atoms with E-state index in [2.05, 4.69) is 26.1 Å². The van der Waals surface area contributed by atoms with Gasteiger partial charge in [-0.3, -0.25) is 0 Å². The maximum atomic E-state index is 12.5. The van der Waals surface area contributed by atoms with Crippen LogP contribution in [0.15, 0.2) is 0 Å². The normalized spacial score (nSPS) is 42.3. The molecule has 0 aromatic heterocycles. The third-order valence-electron chi connectivity index (χ3n) is 4.69.